The summed E-state index contributed by atoms with van der Waals surface area (Å²) in [6.07, 6.45) is -2.66. The molecule has 0 spiro atoms. The Morgan fingerprint density at radius 2 is 2.13 bits per heavy atom. The number of alkyl halides is 3. The van der Waals surface area contributed by atoms with Crippen LogP contribution in [0.15, 0.2) is 11.5 Å². The van der Waals surface area contributed by atoms with Gasteiger partial charge in [0.1, 0.15) is 12.3 Å². The summed E-state index contributed by atoms with van der Waals surface area (Å²) in [5.74, 6) is 1.21. The molecule has 0 amide bonds. The molecule has 168 valence electrons. The number of ether oxygens (including phenoxy) is 1. The lowest BCUT2D eigenvalue weighted by Crippen LogP contribution is -2.24. The fourth-order valence-electron chi connectivity index (χ4n) is 3.03. The van der Waals surface area contributed by atoms with Gasteiger partial charge in [-0.3, -0.25) is 4.57 Å². The maximum atomic E-state index is 12.5. The quantitative estimate of drug-likeness (QED) is 0.276. The normalized spacial score (nSPS) is 22.1. The average Bonchev–Trinajstić information content (AvgIpc) is 3.27. The van der Waals surface area contributed by atoms with Crippen molar-refractivity contribution in [3.8, 4) is 0 Å². The van der Waals surface area contributed by atoms with Crippen LogP contribution in [-0.2, 0) is 4.74 Å². The maximum Gasteiger partial charge on any atom is 0.389 e. The lowest BCUT2D eigenvalue weighted by Gasteiger charge is -2.14. The van der Waals surface area contributed by atoms with Gasteiger partial charge in [0.2, 0.25) is 0 Å². The van der Waals surface area contributed by atoms with E-state index in [1.54, 1.807) is 16.3 Å². The highest BCUT2D eigenvalue weighted by atomic mass is 32.2. The van der Waals surface area contributed by atoms with Gasteiger partial charge in [0.05, 0.1) is 25.5 Å². The molecule has 0 aromatic carbocycles. The summed E-state index contributed by atoms with van der Waals surface area (Å²) in [7, 11) is 0. The van der Waals surface area contributed by atoms with E-state index >= 15 is 0 Å². The number of nitrogens with zero attached hydrogens (tertiary/aromatic N) is 4. The molecule has 2 aromatic heterocycles. The van der Waals surface area contributed by atoms with Crippen LogP contribution in [0.5, 0.6) is 0 Å². The van der Waals surface area contributed by atoms with Crippen molar-refractivity contribution in [1.82, 2.24) is 19.5 Å². The van der Waals surface area contributed by atoms with Crippen molar-refractivity contribution in [2.75, 3.05) is 36.2 Å². The molecule has 8 nitrogen and oxygen atoms in total. The summed E-state index contributed by atoms with van der Waals surface area (Å²) in [4.78, 5) is 13.1. The van der Waals surface area contributed by atoms with Crippen LogP contribution in [0.4, 0.5) is 19.0 Å². The van der Waals surface area contributed by atoms with E-state index in [2.05, 4.69) is 20.3 Å². The first-order valence-electron chi connectivity index (χ1n) is 9.43. The Kier molecular flexibility index (Phi) is 8.07. The van der Waals surface area contributed by atoms with E-state index in [0.717, 1.165) is 23.9 Å². The minimum absolute atomic E-state index is 0.194. The third kappa shape index (κ3) is 5.90. The maximum absolute atomic E-state index is 12.5. The predicted molar refractivity (Wildman–Crippen MR) is 110 cm³/mol. The van der Waals surface area contributed by atoms with Gasteiger partial charge >= 0.3 is 6.18 Å². The van der Waals surface area contributed by atoms with Crippen LogP contribution in [0.3, 0.4) is 0 Å². The molecule has 3 rings (SSSR count). The monoisotopic (exact) mass is 467 g/mol. The second-order valence-corrected chi connectivity index (χ2v) is 8.83. The molecule has 30 heavy (non-hydrogen) atoms. The number of hydrogen-bond acceptors (Lipinski definition) is 9. The summed E-state index contributed by atoms with van der Waals surface area (Å²) in [6, 6.07) is 0. The predicted octanol–water partition coefficient (Wildman–Crippen LogP) is 2.68. The zero-order valence-electron chi connectivity index (χ0n) is 16.3. The Bertz CT molecular complexity index is 839. The Hall–Kier alpha value is -1.28. The number of aliphatic hydroxyl groups is 2. The van der Waals surface area contributed by atoms with Crippen LogP contribution in [0.1, 0.15) is 25.5 Å². The van der Waals surface area contributed by atoms with E-state index in [0.29, 0.717) is 23.5 Å². The number of hydrogen-bond donors (Lipinski definition) is 3. The zero-order chi connectivity index (χ0) is 21.7. The first kappa shape index (κ1) is 23.4. The molecule has 13 heteroatoms. The van der Waals surface area contributed by atoms with Crippen LogP contribution in [0, 0.1) is 0 Å². The Morgan fingerprint density at radius 3 is 2.80 bits per heavy atom. The van der Waals surface area contributed by atoms with E-state index in [-0.39, 0.29) is 23.9 Å². The molecule has 1 fully saturated rings. The molecule has 2 aromatic rings. The second-order valence-electron chi connectivity index (χ2n) is 6.78. The van der Waals surface area contributed by atoms with Gasteiger partial charge in [-0.1, -0.05) is 11.8 Å². The van der Waals surface area contributed by atoms with Crippen LogP contribution < -0.4 is 5.32 Å². The number of rotatable bonds is 10. The molecular formula is C17H24F3N5O3S2. The Morgan fingerprint density at radius 1 is 1.33 bits per heavy atom. The summed E-state index contributed by atoms with van der Waals surface area (Å²) in [6.45, 7) is 0.317. The molecular weight excluding hydrogens is 443 g/mol. The van der Waals surface area contributed by atoms with Crippen molar-refractivity contribution in [2.45, 2.75) is 49.0 Å². The molecule has 0 saturated carbocycles. The number of imidazole rings is 1. The number of fused-ring (bicyclic) bond motifs is 1. The topological polar surface area (TPSA) is 105 Å². The highest BCUT2D eigenvalue weighted by Gasteiger charge is 2.35. The van der Waals surface area contributed by atoms with Crippen molar-refractivity contribution in [1.29, 1.82) is 0 Å². The van der Waals surface area contributed by atoms with Crippen LogP contribution in [0.25, 0.3) is 11.2 Å². The molecule has 0 bridgehead atoms. The van der Waals surface area contributed by atoms with E-state index in [1.807, 2.05) is 6.26 Å². The molecule has 3 heterocycles. The lowest BCUT2D eigenvalue weighted by molar-refractivity contribution is -0.129. The van der Waals surface area contributed by atoms with Crippen molar-refractivity contribution in [2.24, 2.45) is 0 Å². The van der Waals surface area contributed by atoms with E-state index in [4.69, 9.17) is 4.74 Å². The molecule has 1 unspecified atom stereocenters. The first-order chi connectivity index (χ1) is 14.3. The highest BCUT2D eigenvalue weighted by molar-refractivity contribution is 7.99. The number of aliphatic hydroxyl groups excluding tert-OH is 2. The Labute approximate surface area is 180 Å². The van der Waals surface area contributed by atoms with Crippen molar-refractivity contribution in [3.05, 3.63) is 6.33 Å². The highest BCUT2D eigenvalue weighted by Crippen LogP contribution is 2.33. The van der Waals surface area contributed by atoms with E-state index in [1.165, 1.54) is 6.33 Å². The van der Waals surface area contributed by atoms with Crippen molar-refractivity contribution < 1.29 is 28.1 Å². The van der Waals surface area contributed by atoms with Gasteiger partial charge < -0.3 is 20.3 Å². The minimum Gasteiger partial charge on any atom is -0.394 e. The average molecular weight is 468 g/mol. The number of thioether (sulfide) groups is 2. The summed E-state index contributed by atoms with van der Waals surface area (Å²) >= 11 is 2.64. The smallest absolute Gasteiger partial charge is 0.389 e. The lowest BCUT2D eigenvalue weighted by atomic mass is 10.2. The van der Waals surface area contributed by atoms with Crippen molar-refractivity contribution in [3.63, 3.8) is 0 Å². The zero-order valence-corrected chi connectivity index (χ0v) is 17.9. The Balaban J connectivity index is 1.86. The second kappa shape index (κ2) is 10.4. The van der Waals surface area contributed by atoms with Gasteiger partial charge in [-0.25, -0.2) is 15.0 Å². The van der Waals surface area contributed by atoms with Crippen molar-refractivity contribution >= 4 is 40.5 Å². The summed E-state index contributed by atoms with van der Waals surface area (Å²) in [5.41, 5.74) is 0.882. The summed E-state index contributed by atoms with van der Waals surface area (Å²) in [5, 5.41) is 22.7. The summed E-state index contributed by atoms with van der Waals surface area (Å²) < 4.78 is 44.8. The van der Waals surface area contributed by atoms with Crippen LogP contribution >= 0.6 is 23.5 Å². The molecule has 1 saturated heterocycles. The standard InChI is InChI=1S/C17H24F3N5O3S2/c1-29-5-2-4-21-14-13-15(24-16(23-14)30-6-3-17(18,19)20)25(9-22-13)12-7-10(27)11(8-26)28-12/h9-12,26-27H,2-8H2,1H3,(H,21,23,24)/t10-,11+,12?/m0/s1. The minimum atomic E-state index is -4.25. The number of anilines is 1. The van der Waals surface area contributed by atoms with Gasteiger partial charge in [0.25, 0.3) is 0 Å². The molecule has 3 N–H and O–H groups in total. The van der Waals surface area contributed by atoms with Crippen LogP contribution in [0.2, 0.25) is 0 Å². The molecule has 1 aliphatic rings. The van der Waals surface area contributed by atoms with E-state index < -0.39 is 31.0 Å². The largest absolute Gasteiger partial charge is 0.394 e. The number of aromatic nitrogens is 4. The number of nitrogens with one attached hydrogen (secondary N) is 1. The third-order valence-corrected chi connectivity index (χ3v) is 6.08. The van der Waals surface area contributed by atoms with Gasteiger partial charge in [0, 0.05) is 18.7 Å². The fraction of sp³-hybridized carbons (Fsp3) is 0.706. The first-order valence-corrected chi connectivity index (χ1v) is 11.8. The van der Waals surface area contributed by atoms with Gasteiger partial charge in [-0.15, -0.1) is 0 Å². The molecule has 0 radical (unpaired) electrons. The molecule has 0 aliphatic carbocycles. The SMILES string of the molecule is CSCCCNc1nc(SCCC(F)(F)F)nc2c1ncn2C1C[C@H](O)[C@@H](CO)O1. The third-order valence-electron chi connectivity index (χ3n) is 4.53. The fourth-order valence-corrected chi connectivity index (χ4v) is 4.28. The van der Waals surface area contributed by atoms with Gasteiger partial charge in [-0.05, 0) is 18.4 Å². The van der Waals surface area contributed by atoms with Gasteiger partial charge in [0.15, 0.2) is 22.1 Å². The van der Waals surface area contributed by atoms with E-state index in [9.17, 15) is 23.4 Å². The molecule has 1 aliphatic heterocycles. The van der Waals surface area contributed by atoms with Crippen LogP contribution in [-0.4, -0.2) is 79.0 Å². The molecule has 3 atom stereocenters. The number of halogens is 3. The van der Waals surface area contributed by atoms with Gasteiger partial charge in [-0.2, -0.15) is 24.9 Å².